The molecule has 0 aliphatic rings. The van der Waals surface area contributed by atoms with Crippen molar-refractivity contribution in [3.63, 3.8) is 0 Å². The maximum absolute atomic E-state index is 10.7. The van der Waals surface area contributed by atoms with Crippen LogP contribution in [-0.2, 0) is 9.59 Å². The molecule has 0 saturated carbocycles. The highest BCUT2D eigenvalue weighted by atomic mass is 35.5. The maximum atomic E-state index is 10.7. The number of aldehydes is 1. The molecule has 0 heterocycles. The van der Waals surface area contributed by atoms with Gasteiger partial charge in [0.25, 0.3) is 0 Å². The average molecular weight is 176 g/mol. The maximum Gasteiger partial charge on any atom is 0.220 e. The molecule has 0 aromatic heterocycles. The molecule has 0 aliphatic carbocycles. The van der Waals surface area contributed by atoms with Gasteiger partial charge >= 0.3 is 0 Å². The van der Waals surface area contributed by atoms with Crippen LogP contribution in [0.4, 0.5) is 0 Å². The molecule has 0 rings (SSSR count). The SMILES string of the molecule is CC(=O)N(CC=O)C/C=C/Cl. The molecule has 0 aliphatic heterocycles. The predicted molar refractivity (Wildman–Crippen MR) is 43.3 cm³/mol. The Morgan fingerprint density at radius 1 is 1.55 bits per heavy atom. The molecule has 0 saturated heterocycles. The Hall–Kier alpha value is -0.830. The zero-order valence-electron chi connectivity index (χ0n) is 6.29. The molecule has 4 heteroatoms. The van der Waals surface area contributed by atoms with Crippen molar-refractivity contribution in [3.05, 3.63) is 11.6 Å². The van der Waals surface area contributed by atoms with Crippen LogP contribution in [0.2, 0.25) is 0 Å². The summed E-state index contributed by atoms with van der Waals surface area (Å²) in [6, 6.07) is 0. The number of hydrogen-bond donors (Lipinski definition) is 0. The standard InChI is InChI=1S/C7H10ClNO2/c1-7(11)9(5-6-10)4-2-3-8/h2-3,6H,4-5H2,1H3/b3-2+. The van der Waals surface area contributed by atoms with Gasteiger partial charge in [0.1, 0.15) is 6.29 Å². The van der Waals surface area contributed by atoms with E-state index < -0.39 is 0 Å². The van der Waals surface area contributed by atoms with Gasteiger partial charge in [-0.15, -0.1) is 0 Å². The molecule has 0 aromatic carbocycles. The second kappa shape index (κ2) is 5.92. The highest BCUT2D eigenvalue weighted by molar-refractivity contribution is 6.25. The summed E-state index contributed by atoms with van der Waals surface area (Å²) in [4.78, 5) is 22.1. The van der Waals surface area contributed by atoms with Crippen LogP contribution < -0.4 is 0 Å². The van der Waals surface area contributed by atoms with E-state index >= 15 is 0 Å². The quantitative estimate of drug-likeness (QED) is 0.593. The van der Waals surface area contributed by atoms with E-state index in [4.69, 9.17) is 11.6 Å². The first-order valence-corrected chi connectivity index (χ1v) is 3.60. The van der Waals surface area contributed by atoms with Crippen molar-refractivity contribution in [2.75, 3.05) is 13.1 Å². The molecule has 1 amide bonds. The minimum absolute atomic E-state index is 0.122. The lowest BCUT2D eigenvalue weighted by atomic mass is 10.4. The summed E-state index contributed by atoms with van der Waals surface area (Å²) in [5.41, 5.74) is 1.32. The Bertz CT molecular complexity index is 168. The number of carbonyl (C=O) groups excluding carboxylic acids is 2. The van der Waals surface area contributed by atoms with E-state index in [1.165, 1.54) is 17.4 Å². The molecule has 3 nitrogen and oxygen atoms in total. The second-order valence-corrected chi connectivity index (χ2v) is 2.20. The fourth-order valence-electron chi connectivity index (χ4n) is 0.589. The van der Waals surface area contributed by atoms with Crippen LogP contribution in [0.5, 0.6) is 0 Å². The van der Waals surface area contributed by atoms with Gasteiger partial charge in [-0.25, -0.2) is 0 Å². The van der Waals surface area contributed by atoms with E-state index in [-0.39, 0.29) is 12.5 Å². The summed E-state index contributed by atoms with van der Waals surface area (Å²) in [5, 5.41) is 0. The van der Waals surface area contributed by atoms with Gasteiger partial charge in [0.15, 0.2) is 0 Å². The van der Waals surface area contributed by atoms with Crippen LogP contribution >= 0.6 is 11.6 Å². The van der Waals surface area contributed by atoms with Crippen molar-refractivity contribution in [2.24, 2.45) is 0 Å². The zero-order valence-corrected chi connectivity index (χ0v) is 7.04. The Labute approximate surface area is 70.6 Å². The molecule has 0 spiro atoms. The molecular formula is C7H10ClNO2. The fraction of sp³-hybridized carbons (Fsp3) is 0.429. The molecule has 0 bridgehead atoms. The lowest BCUT2D eigenvalue weighted by Gasteiger charge is -2.14. The van der Waals surface area contributed by atoms with Gasteiger partial charge in [0, 0.05) is 19.0 Å². The summed E-state index contributed by atoms with van der Waals surface area (Å²) in [7, 11) is 0. The number of carbonyl (C=O) groups is 2. The number of hydrogen-bond acceptors (Lipinski definition) is 2. The molecule has 62 valence electrons. The molecule has 0 unspecified atom stereocenters. The Balaban J connectivity index is 3.88. The third-order valence-corrected chi connectivity index (χ3v) is 1.33. The first-order valence-electron chi connectivity index (χ1n) is 3.16. The zero-order chi connectivity index (χ0) is 8.69. The van der Waals surface area contributed by atoms with Gasteiger partial charge in [-0.3, -0.25) is 4.79 Å². The third-order valence-electron chi connectivity index (χ3n) is 1.16. The predicted octanol–water partition coefficient (Wildman–Crippen LogP) is 0.786. The molecule has 11 heavy (non-hydrogen) atoms. The van der Waals surface area contributed by atoms with E-state index in [0.717, 1.165) is 0 Å². The van der Waals surface area contributed by atoms with Gasteiger partial charge in [-0.05, 0) is 0 Å². The molecule has 0 fully saturated rings. The van der Waals surface area contributed by atoms with Gasteiger partial charge in [-0.1, -0.05) is 17.7 Å². The van der Waals surface area contributed by atoms with Crippen molar-refractivity contribution in [2.45, 2.75) is 6.92 Å². The minimum Gasteiger partial charge on any atom is -0.332 e. The lowest BCUT2D eigenvalue weighted by Crippen LogP contribution is -2.30. The van der Waals surface area contributed by atoms with E-state index in [2.05, 4.69) is 0 Å². The minimum atomic E-state index is -0.133. The van der Waals surface area contributed by atoms with E-state index in [1.807, 2.05) is 0 Å². The largest absolute Gasteiger partial charge is 0.332 e. The van der Waals surface area contributed by atoms with Crippen molar-refractivity contribution < 1.29 is 9.59 Å². The molecule has 0 aromatic rings. The fourth-order valence-corrected chi connectivity index (χ4v) is 0.668. The monoisotopic (exact) mass is 175 g/mol. The highest BCUT2D eigenvalue weighted by Gasteiger charge is 2.03. The summed E-state index contributed by atoms with van der Waals surface area (Å²) in [6.07, 6.45) is 2.29. The molecule has 0 radical (unpaired) electrons. The Morgan fingerprint density at radius 2 is 2.18 bits per heavy atom. The topological polar surface area (TPSA) is 37.4 Å². The first kappa shape index (κ1) is 10.2. The smallest absolute Gasteiger partial charge is 0.220 e. The summed E-state index contributed by atoms with van der Waals surface area (Å²) in [6.45, 7) is 1.92. The van der Waals surface area contributed by atoms with Crippen molar-refractivity contribution in [1.82, 2.24) is 4.90 Å². The van der Waals surface area contributed by atoms with Gasteiger partial charge in [0.2, 0.25) is 5.91 Å². The van der Waals surface area contributed by atoms with Crippen LogP contribution in [0, 0.1) is 0 Å². The first-order chi connectivity index (χ1) is 5.22. The van der Waals surface area contributed by atoms with Crippen LogP contribution in [0.1, 0.15) is 6.92 Å². The van der Waals surface area contributed by atoms with Crippen LogP contribution in [-0.4, -0.2) is 30.2 Å². The van der Waals surface area contributed by atoms with Crippen molar-refractivity contribution >= 4 is 23.8 Å². The number of rotatable bonds is 4. The number of amides is 1. The van der Waals surface area contributed by atoms with E-state index in [9.17, 15) is 9.59 Å². The molecular weight excluding hydrogens is 166 g/mol. The number of halogens is 1. The van der Waals surface area contributed by atoms with Gasteiger partial charge in [-0.2, -0.15) is 0 Å². The van der Waals surface area contributed by atoms with Gasteiger partial charge in [0.05, 0.1) is 6.54 Å². The molecule has 0 N–H and O–H groups in total. The third kappa shape index (κ3) is 4.56. The Morgan fingerprint density at radius 3 is 2.55 bits per heavy atom. The van der Waals surface area contributed by atoms with Crippen LogP contribution in [0.15, 0.2) is 11.6 Å². The summed E-state index contributed by atoms with van der Waals surface area (Å²) < 4.78 is 0. The lowest BCUT2D eigenvalue weighted by molar-refractivity contribution is -0.130. The Kier molecular flexibility index (Phi) is 5.47. The summed E-state index contributed by atoms with van der Waals surface area (Å²) >= 11 is 5.24. The van der Waals surface area contributed by atoms with Crippen molar-refractivity contribution in [3.8, 4) is 0 Å². The summed E-state index contributed by atoms with van der Waals surface area (Å²) in [5.74, 6) is -0.133. The van der Waals surface area contributed by atoms with Crippen LogP contribution in [0.25, 0.3) is 0 Å². The normalized spacial score (nSPS) is 10.0. The second-order valence-electron chi connectivity index (χ2n) is 1.95. The van der Waals surface area contributed by atoms with E-state index in [0.29, 0.717) is 12.8 Å². The van der Waals surface area contributed by atoms with E-state index in [1.54, 1.807) is 6.08 Å². The number of nitrogens with zero attached hydrogens (tertiary/aromatic N) is 1. The van der Waals surface area contributed by atoms with Crippen molar-refractivity contribution in [1.29, 1.82) is 0 Å². The van der Waals surface area contributed by atoms with Crippen LogP contribution in [0.3, 0.4) is 0 Å². The average Bonchev–Trinajstić information content (AvgIpc) is 1.97. The molecule has 0 atom stereocenters. The van der Waals surface area contributed by atoms with Gasteiger partial charge < -0.3 is 9.69 Å². The highest BCUT2D eigenvalue weighted by Crippen LogP contribution is 1.89.